The molecule has 0 fully saturated rings. The van der Waals surface area contributed by atoms with Crippen molar-refractivity contribution in [2.75, 3.05) is 6.54 Å². The van der Waals surface area contributed by atoms with Gasteiger partial charge >= 0.3 is 0 Å². The molecule has 51 heavy (non-hydrogen) atoms. The molecule has 6 aromatic carbocycles. The van der Waals surface area contributed by atoms with E-state index in [4.69, 9.17) is 0 Å². The first-order chi connectivity index (χ1) is 24.9. The Hall–Kier alpha value is -6.44. The van der Waals surface area contributed by atoms with Gasteiger partial charge in [0.15, 0.2) is 12.3 Å². The van der Waals surface area contributed by atoms with Gasteiger partial charge in [0.2, 0.25) is 11.5 Å². The largest absolute Gasteiger partial charge is 0.295 e. The lowest BCUT2D eigenvalue weighted by molar-refractivity contribution is -0.472. The number of ketones is 2. The van der Waals surface area contributed by atoms with Crippen LogP contribution in [0.2, 0.25) is 0 Å². The topological polar surface area (TPSA) is 60.9 Å². The molecule has 0 spiro atoms. The van der Waals surface area contributed by atoms with Crippen LogP contribution in [0.3, 0.4) is 0 Å². The minimum atomic E-state index is -0.474. The second-order valence-corrected chi connectivity index (χ2v) is 13.2. The molecule has 0 N–H and O–H groups in total. The Morgan fingerprint density at radius 1 is 0.588 bits per heavy atom. The first-order valence-electron chi connectivity index (χ1n) is 17.3. The van der Waals surface area contributed by atoms with E-state index in [2.05, 4.69) is 83.4 Å². The predicted octanol–water partition coefficient (Wildman–Crippen LogP) is 9.54. The van der Waals surface area contributed by atoms with Crippen LogP contribution in [0.4, 0.5) is 0 Å². The third-order valence-electron chi connectivity index (χ3n) is 10.2. The van der Waals surface area contributed by atoms with Crippen LogP contribution in [0, 0.1) is 11.3 Å². The monoisotopic (exact) mass is 659 g/mol. The van der Waals surface area contributed by atoms with Crippen molar-refractivity contribution in [2.24, 2.45) is 0 Å². The van der Waals surface area contributed by atoms with Gasteiger partial charge in [0.25, 0.3) is 5.70 Å². The Bertz CT molecular complexity index is 2380. The number of allylic oxidation sites excluding steroid dienone is 2. The zero-order valence-corrected chi connectivity index (χ0v) is 28.6. The highest BCUT2D eigenvalue weighted by Gasteiger charge is 2.42. The summed E-state index contributed by atoms with van der Waals surface area (Å²) in [5.74, 6) is -0.783. The molecule has 1 aliphatic heterocycles. The van der Waals surface area contributed by atoms with Crippen LogP contribution in [0.25, 0.3) is 33.4 Å². The number of nitriles is 1. The number of benzene rings is 6. The molecule has 0 atom stereocenters. The Balaban J connectivity index is 1.44. The van der Waals surface area contributed by atoms with E-state index in [1.54, 1.807) is 26.0 Å². The number of fused-ring (bicyclic) bond motifs is 4. The van der Waals surface area contributed by atoms with E-state index in [0.29, 0.717) is 29.8 Å². The molecule has 0 saturated heterocycles. The Kier molecular flexibility index (Phi) is 8.18. The van der Waals surface area contributed by atoms with Crippen LogP contribution < -0.4 is 0 Å². The van der Waals surface area contributed by atoms with Crippen molar-refractivity contribution in [3.05, 3.63) is 190 Å². The summed E-state index contributed by atoms with van der Waals surface area (Å²) in [6.07, 6.45) is 0.714. The lowest BCUT2D eigenvalue weighted by Crippen LogP contribution is -2.34. The quantitative estimate of drug-likeness (QED) is 0.127. The summed E-state index contributed by atoms with van der Waals surface area (Å²) in [6, 6.07) is 51.5. The van der Waals surface area contributed by atoms with Crippen LogP contribution >= 0.6 is 0 Å². The van der Waals surface area contributed by atoms with Gasteiger partial charge in [0.1, 0.15) is 0 Å². The number of hydrogen-bond acceptors (Lipinski definition) is 3. The van der Waals surface area contributed by atoms with Crippen LogP contribution in [-0.2, 0) is 16.0 Å². The predicted molar refractivity (Wildman–Crippen MR) is 203 cm³/mol. The van der Waals surface area contributed by atoms with Gasteiger partial charge in [-0.3, -0.25) is 9.59 Å². The van der Waals surface area contributed by atoms with E-state index < -0.39 is 5.92 Å². The average Bonchev–Trinajstić information content (AvgIpc) is 3.49. The maximum atomic E-state index is 14.3. The van der Waals surface area contributed by atoms with Crippen LogP contribution in [-0.4, -0.2) is 28.4 Å². The molecule has 2 aliphatic rings. The molecule has 0 unspecified atom stereocenters. The molecule has 4 nitrogen and oxygen atoms in total. The number of rotatable bonds is 7. The summed E-state index contributed by atoms with van der Waals surface area (Å²) in [4.78, 5) is 28.6. The smallest absolute Gasteiger partial charge is 0.256 e. The Morgan fingerprint density at radius 2 is 1.12 bits per heavy atom. The standard InChI is InChI=1S/C47H35N2O2/c1-30(50)44(46(31(2)51)49-26-25-35-15-9-10-16-39(35)47(49)36-19-17-32(29-48)18-20-36)45-42-27-37(33-11-5-3-6-12-33)21-23-40(42)41-24-22-38(28-43(41)45)34-13-7-4-8-14-34/h3-24,27-28,45H,25-26H2,1-2H3/q+1/b46-44+. The van der Waals surface area contributed by atoms with Gasteiger partial charge in [0, 0.05) is 24.8 Å². The highest BCUT2D eigenvalue weighted by molar-refractivity contribution is 6.13. The van der Waals surface area contributed by atoms with Crippen molar-refractivity contribution >= 4 is 17.3 Å². The van der Waals surface area contributed by atoms with Gasteiger partial charge in [-0.2, -0.15) is 9.84 Å². The molecule has 8 rings (SSSR count). The molecule has 0 saturated carbocycles. The van der Waals surface area contributed by atoms with Gasteiger partial charge in [-0.1, -0.05) is 103 Å². The third kappa shape index (κ3) is 5.63. The SMILES string of the molecule is CC(=O)/C(=C(/C(C)=O)[N+]1=C(c2ccc(C#N)cc2)c2ccccc2CC1)C1c2cc(-c3ccccc3)ccc2-c2ccc(-c3ccccc3)cc21. The van der Waals surface area contributed by atoms with Crippen molar-refractivity contribution in [3.63, 3.8) is 0 Å². The number of nitrogens with zero attached hydrogens (tertiary/aromatic N) is 2. The van der Waals surface area contributed by atoms with Crippen molar-refractivity contribution in [3.8, 4) is 39.4 Å². The van der Waals surface area contributed by atoms with Gasteiger partial charge in [0.05, 0.1) is 22.8 Å². The van der Waals surface area contributed by atoms with E-state index in [1.165, 1.54) is 5.56 Å². The van der Waals surface area contributed by atoms with Crippen molar-refractivity contribution in [1.29, 1.82) is 5.26 Å². The molecular formula is C47H35N2O2+. The maximum absolute atomic E-state index is 14.3. The lowest BCUT2D eigenvalue weighted by Gasteiger charge is -2.23. The summed E-state index contributed by atoms with van der Waals surface area (Å²) in [5, 5.41) is 9.55. The minimum absolute atomic E-state index is 0.141. The van der Waals surface area contributed by atoms with Gasteiger partial charge in [-0.25, -0.2) is 0 Å². The van der Waals surface area contributed by atoms with Crippen molar-refractivity contribution in [2.45, 2.75) is 26.2 Å². The van der Waals surface area contributed by atoms with Crippen molar-refractivity contribution < 1.29 is 14.2 Å². The zero-order chi connectivity index (χ0) is 35.1. The molecule has 4 heteroatoms. The van der Waals surface area contributed by atoms with E-state index >= 15 is 0 Å². The summed E-state index contributed by atoms with van der Waals surface area (Å²) in [5.41, 5.74) is 13.8. The van der Waals surface area contributed by atoms with E-state index in [9.17, 15) is 14.9 Å². The van der Waals surface area contributed by atoms with E-state index in [1.807, 2.05) is 60.7 Å². The molecule has 0 radical (unpaired) electrons. The number of carbonyl (C=O) groups excluding carboxylic acids is 2. The molecule has 1 heterocycles. The molecule has 6 aromatic rings. The number of carbonyl (C=O) groups is 2. The summed E-state index contributed by atoms with van der Waals surface area (Å²) in [7, 11) is 0. The summed E-state index contributed by atoms with van der Waals surface area (Å²) >= 11 is 0. The summed E-state index contributed by atoms with van der Waals surface area (Å²) in [6.45, 7) is 3.70. The fourth-order valence-corrected chi connectivity index (χ4v) is 7.92. The Labute approximate surface area is 298 Å². The fourth-order valence-electron chi connectivity index (χ4n) is 7.92. The highest BCUT2D eigenvalue weighted by Crippen LogP contribution is 2.51. The average molecular weight is 660 g/mol. The first kappa shape index (κ1) is 31.8. The molecular weight excluding hydrogens is 625 g/mol. The normalized spacial score (nSPS) is 13.8. The zero-order valence-electron chi connectivity index (χ0n) is 28.6. The molecule has 0 bridgehead atoms. The third-order valence-corrected chi connectivity index (χ3v) is 10.2. The number of hydrogen-bond donors (Lipinski definition) is 0. The maximum Gasteiger partial charge on any atom is 0.256 e. The molecule has 0 amide bonds. The lowest BCUT2D eigenvalue weighted by atomic mass is 9.82. The van der Waals surface area contributed by atoms with Gasteiger partial charge < -0.3 is 0 Å². The van der Waals surface area contributed by atoms with Crippen LogP contribution in [0.1, 0.15) is 53.1 Å². The van der Waals surface area contributed by atoms with E-state index in [-0.39, 0.29) is 11.6 Å². The first-order valence-corrected chi connectivity index (χ1v) is 17.3. The summed E-state index contributed by atoms with van der Waals surface area (Å²) < 4.78 is 2.07. The molecule has 1 aliphatic carbocycles. The van der Waals surface area contributed by atoms with Crippen molar-refractivity contribution in [1.82, 2.24) is 0 Å². The molecule has 244 valence electrons. The fraction of sp³-hybridized carbons (Fsp3) is 0.106. The van der Waals surface area contributed by atoms with Gasteiger partial charge in [-0.15, -0.1) is 0 Å². The second kappa shape index (κ2) is 13.1. The second-order valence-electron chi connectivity index (χ2n) is 13.2. The van der Waals surface area contributed by atoms with E-state index in [0.717, 1.165) is 61.3 Å². The van der Waals surface area contributed by atoms with Gasteiger partial charge in [-0.05, 0) is 99.5 Å². The van der Waals surface area contributed by atoms with Crippen LogP contribution in [0.15, 0.2) is 157 Å². The number of Topliss-reactive ketones (excluding diaryl/α,β-unsaturated/α-hetero) is 2. The minimum Gasteiger partial charge on any atom is -0.295 e. The highest BCUT2D eigenvalue weighted by atomic mass is 16.1. The van der Waals surface area contributed by atoms with Crippen LogP contribution in [0.5, 0.6) is 0 Å². The molecule has 0 aromatic heterocycles. The Morgan fingerprint density at radius 3 is 1.65 bits per heavy atom.